The number of hydrogen-bond acceptors (Lipinski definition) is 2. The molecular weight excluding hydrogens is 609 g/mol. The van der Waals surface area contributed by atoms with Crippen LogP contribution in [0.3, 0.4) is 0 Å². The molecule has 4 nitrogen and oxygen atoms in total. The second kappa shape index (κ2) is 9.43. The van der Waals surface area contributed by atoms with E-state index in [1.165, 1.54) is 59.6 Å². The van der Waals surface area contributed by atoms with Gasteiger partial charge in [0.05, 0.1) is 38.8 Å². The summed E-state index contributed by atoms with van der Waals surface area (Å²) in [6, 6.07) is 56.7. The predicted octanol–water partition coefficient (Wildman–Crippen LogP) is 11.9. The average Bonchev–Trinajstić information content (AvgIpc) is 3.84. The van der Waals surface area contributed by atoms with Crippen LogP contribution >= 0.6 is 0 Å². The molecule has 0 unspecified atom stereocenters. The molecule has 0 aliphatic rings. The van der Waals surface area contributed by atoms with E-state index in [9.17, 15) is 0 Å². The molecular formula is C46H26N4. The second-order valence-electron chi connectivity index (χ2n) is 13.3. The van der Waals surface area contributed by atoms with Crippen molar-refractivity contribution >= 4 is 92.3 Å². The van der Waals surface area contributed by atoms with Gasteiger partial charge in [-0.05, 0) is 29.0 Å². The van der Waals surface area contributed by atoms with Gasteiger partial charge in [-0.1, -0.05) is 140 Å². The first-order chi connectivity index (χ1) is 24.8. The van der Waals surface area contributed by atoms with Crippen molar-refractivity contribution in [1.29, 1.82) is 0 Å². The van der Waals surface area contributed by atoms with Crippen LogP contribution in [0, 0.1) is 0 Å². The fraction of sp³-hybridized carbons (Fsp3) is 0. The quantitative estimate of drug-likeness (QED) is 0.177. The maximum Gasteiger partial charge on any atom is 0.235 e. The summed E-state index contributed by atoms with van der Waals surface area (Å²) >= 11 is 0. The first kappa shape index (κ1) is 26.2. The Morgan fingerprint density at radius 3 is 1.86 bits per heavy atom. The summed E-state index contributed by atoms with van der Waals surface area (Å²) in [5, 5.41) is 13.3. The molecule has 4 heterocycles. The van der Waals surface area contributed by atoms with E-state index in [0.29, 0.717) is 5.95 Å². The Bertz CT molecular complexity index is 3360. The zero-order valence-corrected chi connectivity index (χ0v) is 26.8. The highest BCUT2D eigenvalue weighted by Crippen LogP contribution is 2.48. The Balaban J connectivity index is 1.36. The Morgan fingerprint density at radius 1 is 0.360 bits per heavy atom. The van der Waals surface area contributed by atoms with Crippen LogP contribution in [0.5, 0.6) is 0 Å². The average molecular weight is 635 g/mol. The molecule has 8 aromatic carbocycles. The zero-order valence-electron chi connectivity index (χ0n) is 26.8. The maximum absolute atomic E-state index is 5.50. The highest BCUT2D eigenvalue weighted by Gasteiger charge is 2.26. The van der Waals surface area contributed by atoms with E-state index < -0.39 is 0 Å². The number of hydrogen-bond donors (Lipinski definition) is 0. The number of rotatable bonds is 2. The van der Waals surface area contributed by atoms with E-state index >= 15 is 0 Å². The number of benzene rings is 8. The summed E-state index contributed by atoms with van der Waals surface area (Å²) in [5.74, 6) is 0.669. The molecule has 230 valence electrons. The lowest BCUT2D eigenvalue weighted by molar-refractivity contribution is 1.02. The summed E-state index contributed by atoms with van der Waals surface area (Å²) in [5.41, 5.74) is 8.89. The van der Waals surface area contributed by atoms with Crippen LogP contribution in [-0.2, 0) is 0 Å². The van der Waals surface area contributed by atoms with Gasteiger partial charge < -0.3 is 4.40 Å². The van der Waals surface area contributed by atoms with Gasteiger partial charge >= 0.3 is 0 Å². The van der Waals surface area contributed by atoms with Crippen LogP contribution < -0.4 is 0 Å². The molecule has 0 bridgehead atoms. The highest BCUT2D eigenvalue weighted by molar-refractivity contribution is 6.39. The first-order valence-electron chi connectivity index (χ1n) is 17.1. The molecule has 0 radical (unpaired) electrons. The van der Waals surface area contributed by atoms with Gasteiger partial charge in [-0.15, -0.1) is 0 Å². The summed E-state index contributed by atoms with van der Waals surface area (Å²) in [6.07, 6.45) is 0. The van der Waals surface area contributed by atoms with Crippen LogP contribution in [0.4, 0.5) is 0 Å². The standard InChI is InChI=1S/C46H26N4/c1-2-14-28(15-3-1)41-36-26-25-27-13-4-5-16-29(27)42(36)48-46(47-41)50-38-24-11-9-20-34(38)40-44(50)33-19-7-6-18-31(33)39-35-22-12-21-32-30-17-8-10-23-37(30)49(43(32)35)45(39)40/h1-26H. The first-order valence-corrected chi connectivity index (χ1v) is 17.1. The lowest BCUT2D eigenvalue weighted by Crippen LogP contribution is -2.04. The van der Waals surface area contributed by atoms with Crippen molar-refractivity contribution in [2.24, 2.45) is 0 Å². The van der Waals surface area contributed by atoms with E-state index in [0.717, 1.165) is 44.0 Å². The van der Waals surface area contributed by atoms with Crippen molar-refractivity contribution in [2.75, 3.05) is 0 Å². The number of fused-ring (bicyclic) bond motifs is 16. The molecule has 4 heteroatoms. The molecule has 0 N–H and O–H groups in total. The van der Waals surface area contributed by atoms with Crippen molar-refractivity contribution in [2.45, 2.75) is 0 Å². The molecule has 0 saturated carbocycles. The molecule has 0 amide bonds. The lowest BCUT2D eigenvalue weighted by Gasteiger charge is -2.14. The van der Waals surface area contributed by atoms with Gasteiger partial charge in [0.2, 0.25) is 5.95 Å². The summed E-state index contributed by atoms with van der Waals surface area (Å²) in [6.45, 7) is 0. The van der Waals surface area contributed by atoms with E-state index in [1.807, 2.05) is 0 Å². The Kier molecular flexibility index (Phi) is 4.94. The SMILES string of the molecule is c1ccc(-c2nc(-n3c4ccccc4c4c3c3ccccc3c3c5cccc6c7ccccc7n(c65)c34)nc3c2ccc2ccccc23)cc1. The van der Waals surface area contributed by atoms with Crippen LogP contribution in [0.1, 0.15) is 0 Å². The van der Waals surface area contributed by atoms with Gasteiger partial charge in [0.1, 0.15) is 0 Å². The molecule has 50 heavy (non-hydrogen) atoms. The van der Waals surface area contributed by atoms with Crippen molar-refractivity contribution in [3.63, 3.8) is 0 Å². The molecule has 0 aliphatic heterocycles. The summed E-state index contributed by atoms with van der Waals surface area (Å²) in [7, 11) is 0. The number of para-hydroxylation sites is 3. The van der Waals surface area contributed by atoms with E-state index in [4.69, 9.17) is 9.97 Å². The fourth-order valence-electron chi connectivity index (χ4n) is 8.82. The Labute approximate surface area is 285 Å². The van der Waals surface area contributed by atoms with Crippen LogP contribution in [0.15, 0.2) is 158 Å². The second-order valence-corrected chi connectivity index (χ2v) is 13.3. The van der Waals surface area contributed by atoms with Gasteiger partial charge in [0, 0.05) is 54.0 Å². The topological polar surface area (TPSA) is 35.1 Å². The third-order valence-electron chi connectivity index (χ3n) is 10.8. The van der Waals surface area contributed by atoms with Crippen LogP contribution in [0.25, 0.3) is 110 Å². The van der Waals surface area contributed by atoms with Gasteiger partial charge in [-0.3, -0.25) is 4.57 Å². The van der Waals surface area contributed by atoms with Crippen LogP contribution in [-0.4, -0.2) is 18.9 Å². The van der Waals surface area contributed by atoms with Crippen molar-refractivity contribution in [3.05, 3.63) is 158 Å². The molecule has 12 rings (SSSR count). The van der Waals surface area contributed by atoms with Gasteiger partial charge in [-0.25, -0.2) is 9.97 Å². The molecule has 0 aliphatic carbocycles. The number of nitrogens with zero attached hydrogens (tertiary/aromatic N) is 4. The molecule has 0 atom stereocenters. The predicted molar refractivity (Wildman–Crippen MR) is 209 cm³/mol. The molecule has 12 aromatic rings. The summed E-state index contributed by atoms with van der Waals surface area (Å²) < 4.78 is 4.85. The molecule has 4 aromatic heterocycles. The van der Waals surface area contributed by atoms with E-state index in [-0.39, 0.29) is 0 Å². The van der Waals surface area contributed by atoms with Crippen molar-refractivity contribution < 1.29 is 0 Å². The minimum absolute atomic E-state index is 0.669. The molecule has 0 spiro atoms. The molecule has 0 fully saturated rings. The normalized spacial score (nSPS) is 12.4. The lowest BCUT2D eigenvalue weighted by atomic mass is 9.98. The van der Waals surface area contributed by atoms with Gasteiger partial charge in [-0.2, -0.15) is 0 Å². The minimum atomic E-state index is 0.669. The third kappa shape index (κ3) is 3.21. The smallest absolute Gasteiger partial charge is 0.235 e. The zero-order chi connectivity index (χ0) is 32.5. The largest absolute Gasteiger partial charge is 0.307 e. The van der Waals surface area contributed by atoms with Crippen molar-refractivity contribution in [1.82, 2.24) is 18.9 Å². The van der Waals surface area contributed by atoms with Gasteiger partial charge in [0.25, 0.3) is 0 Å². The van der Waals surface area contributed by atoms with E-state index in [1.54, 1.807) is 0 Å². The Hall–Kier alpha value is -6.78. The molecule has 0 saturated heterocycles. The maximum atomic E-state index is 5.50. The van der Waals surface area contributed by atoms with Crippen LogP contribution in [0.2, 0.25) is 0 Å². The fourth-order valence-corrected chi connectivity index (χ4v) is 8.82. The third-order valence-corrected chi connectivity index (χ3v) is 10.8. The van der Waals surface area contributed by atoms with Crippen molar-refractivity contribution in [3.8, 4) is 17.2 Å². The summed E-state index contributed by atoms with van der Waals surface area (Å²) in [4.78, 5) is 11.0. The monoisotopic (exact) mass is 634 g/mol. The van der Waals surface area contributed by atoms with E-state index in [2.05, 4.69) is 167 Å². The number of aromatic nitrogens is 4. The highest BCUT2D eigenvalue weighted by atomic mass is 15.2. The minimum Gasteiger partial charge on any atom is -0.307 e. The Morgan fingerprint density at radius 2 is 1.00 bits per heavy atom. The van der Waals surface area contributed by atoms with Gasteiger partial charge in [0.15, 0.2) is 0 Å².